The zero-order valence-electron chi connectivity index (χ0n) is 13.5. The molecule has 2 aliphatic rings. The third-order valence-corrected chi connectivity index (χ3v) is 5.45. The summed E-state index contributed by atoms with van der Waals surface area (Å²) < 4.78 is 3.01. The number of H-pyrrole nitrogens is 1. The maximum atomic E-state index is 5.55. The van der Waals surface area contributed by atoms with E-state index in [1.807, 2.05) is 0 Å². The molecular formula is C17H23N5S. The van der Waals surface area contributed by atoms with E-state index in [1.165, 1.54) is 11.1 Å². The summed E-state index contributed by atoms with van der Waals surface area (Å²) in [7, 11) is 2.17. The Morgan fingerprint density at radius 2 is 1.87 bits per heavy atom. The number of aryl methyl sites for hydroxylation is 1. The average Bonchev–Trinajstić information content (AvgIpc) is 2.97. The van der Waals surface area contributed by atoms with Crippen molar-refractivity contribution in [1.29, 1.82) is 0 Å². The summed E-state index contributed by atoms with van der Waals surface area (Å²) in [5.41, 5.74) is 2.94. The van der Waals surface area contributed by atoms with Crippen LogP contribution in [0.25, 0.3) is 0 Å². The fraction of sp³-hybridized carbons (Fsp3) is 0.529. The summed E-state index contributed by atoms with van der Waals surface area (Å²) in [5, 5.41) is 7.58. The zero-order valence-corrected chi connectivity index (χ0v) is 14.4. The third kappa shape index (κ3) is 2.81. The van der Waals surface area contributed by atoms with Gasteiger partial charge >= 0.3 is 0 Å². The van der Waals surface area contributed by atoms with Crippen molar-refractivity contribution in [2.75, 3.05) is 38.1 Å². The van der Waals surface area contributed by atoms with Crippen molar-refractivity contribution in [3.05, 3.63) is 40.2 Å². The average molecular weight is 329 g/mol. The Hall–Kier alpha value is -1.66. The van der Waals surface area contributed by atoms with Gasteiger partial charge in [0.2, 0.25) is 5.95 Å². The van der Waals surface area contributed by atoms with E-state index < -0.39 is 0 Å². The molecule has 4 rings (SSSR count). The van der Waals surface area contributed by atoms with Gasteiger partial charge in [0.25, 0.3) is 0 Å². The Balaban J connectivity index is 1.63. The highest BCUT2D eigenvalue weighted by atomic mass is 32.1. The van der Waals surface area contributed by atoms with Crippen LogP contribution in [-0.2, 0) is 12.8 Å². The number of nitrogens with zero attached hydrogens (tertiary/aromatic N) is 4. The summed E-state index contributed by atoms with van der Waals surface area (Å²) in [6, 6.07) is 9.18. The molecule has 0 bridgehead atoms. The molecule has 1 fully saturated rings. The Labute approximate surface area is 141 Å². The predicted octanol–water partition coefficient (Wildman–Crippen LogP) is 2.42. The fourth-order valence-corrected chi connectivity index (χ4v) is 4.03. The summed E-state index contributed by atoms with van der Waals surface area (Å²) >= 11 is 5.55. The molecule has 5 nitrogen and oxygen atoms in total. The second-order valence-corrected chi connectivity index (χ2v) is 7.04. The van der Waals surface area contributed by atoms with E-state index in [-0.39, 0.29) is 0 Å². The van der Waals surface area contributed by atoms with Gasteiger partial charge in [-0.3, -0.25) is 4.57 Å². The summed E-state index contributed by atoms with van der Waals surface area (Å²) in [6.07, 6.45) is 3.30. The normalized spacial score (nSPS) is 22.1. The predicted molar refractivity (Wildman–Crippen MR) is 94.6 cm³/mol. The molecule has 0 spiro atoms. The van der Waals surface area contributed by atoms with Crippen LogP contribution in [0, 0.1) is 4.77 Å². The highest BCUT2D eigenvalue weighted by Crippen LogP contribution is 2.31. The molecule has 1 unspecified atom stereocenters. The lowest BCUT2D eigenvalue weighted by Gasteiger charge is -2.35. The van der Waals surface area contributed by atoms with Gasteiger partial charge in [-0.1, -0.05) is 24.3 Å². The van der Waals surface area contributed by atoms with Crippen LogP contribution in [0.3, 0.4) is 0 Å². The van der Waals surface area contributed by atoms with Crippen LogP contribution < -0.4 is 4.90 Å². The zero-order chi connectivity index (χ0) is 15.8. The van der Waals surface area contributed by atoms with Crippen LogP contribution in [0.2, 0.25) is 0 Å². The first kappa shape index (κ1) is 14.9. The molecule has 1 N–H and O–H groups in total. The van der Waals surface area contributed by atoms with Crippen LogP contribution >= 0.6 is 12.2 Å². The van der Waals surface area contributed by atoms with E-state index in [4.69, 9.17) is 12.2 Å². The number of nitrogens with one attached hydrogen (secondary N) is 1. The Bertz CT molecular complexity index is 741. The van der Waals surface area contributed by atoms with Gasteiger partial charge in [0.1, 0.15) is 0 Å². The molecule has 2 heterocycles. The van der Waals surface area contributed by atoms with Crippen molar-refractivity contribution in [2.45, 2.75) is 25.3 Å². The SMILES string of the molecule is CN1CCN(c2n[nH]c(=S)n2C2CCc3ccccc3C2)CC1. The van der Waals surface area contributed by atoms with Crippen molar-refractivity contribution in [2.24, 2.45) is 0 Å². The van der Waals surface area contributed by atoms with E-state index in [2.05, 4.69) is 55.9 Å². The first-order valence-corrected chi connectivity index (χ1v) is 8.80. The number of likely N-dealkylation sites (N-methyl/N-ethyl adjacent to an activating group) is 1. The number of aromatic nitrogens is 3. The summed E-state index contributed by atoms with van der Waals surface area (Å²) in [4.78, 5) is 4.73. The number of aromatic amines is 1. The Kier molecular flexibility index (Phi) is 3.95. The second-order valence-electron chi connectivity index (χ2n) is 6.65. The van der Waals surface area contributed by atoms with Crippen molar-refractivity contribution in [3.8, 4) is 0 Å². The molecular weight excluding hydrogens is 306 g/mol. The van der Waals surface area contributed by atoms with Gasteiger partial charge in [0.05, 0.1) is 0 Å². The van der Waals surface area contributed by atoms with Crippen molar-refractivity contribution < 1.29 is 0 Å². The van der Waals surface area contributed by atoms with Gasteiger partial charge in [-0.05, 0) is 49.7 Å². The minimum absolute atomic E-state index is 0.408. The van der Waals surface area contributed by atoms with Crippen molar-refractivity contribution >= 4 is 18.2 Å². The number of benzene rings is 1. The molecule has 1 atom stereocenters. The molecule has 1 aliphatic heterocycles. The highest BCUT2D eigenvalue weighted by Gasteiger charge is 2.26. The number of rotatable bonds is 2. The lowest BCUT2D eigenvalue weighted by atomic mass is 9.88. The van der Waals surface area contributed by atoms with E-state index in [0.29, 0.717) is 6.04 Å². The Morgan fingerprint density at radius 3 is 2.65 bits per heavy atom. The maximum absolute atomic E-state index is 5.55. The number of hydrogen-bond donors (Lipinski definition) is 1. The van der Waals surface area contributed by atoms with Gasteiger partial charge in [0, 0.05) is 32.2 Å². The summed E-state index contributed by atoms with van der Waals surface area (Å²) in [6.45, 7) is 4.18. The van der Waals surface area contributed by atoms with Gasteiger partial charge in [0.15, 0.2) is 4.77 Å². The van der Waals surface area contributed by atoms with Gasteiger partial charge in [-0.25, -0.2) is 5.10 Å². The van der Waals surface area contributed by atoms with Crippen LogP contribution in [0.1, 0.15) is 23.6 Å². The molecule has 122 valence electrons. The van der Waals surface area contributed by atoms with Crippen LogP contribution in [0.4, 0.5) is 5.95 Å². The number of fused-ring (bicyclic) bond motifs is 1. The molecule has 1 aromatic carbocycles. The first-order chi connectivity index (χ1) is 11.2. The first-order valence-electron chi connectivity index (χ1n) is 8.39. The molecule has 1 aliphatic carbocycles. The molecule has 6 heteroatoms. The molecule has 0 radical (unpaired) electrons. The van der Waals surface area contributed by atoms with Gasteiger partial charge < -0.3 is 9.80 Å². The number of anilines is 1. The van der Waals surface area contributed by atoms with E-state index in [1.54, 1.807) is 0 Å². The van der Waals surface area contributed by atoms with Crippen LogP contribution in [0.15, 0.2) is 24.3 Å². The lowest BCUT2D eigenvalue weighted by molar-refractivity contribution is 0.308. The maximum Gasteiger partial charge on any atom is 0.226 e. The Morgan fingerprint density at radius 1 is 1.13 bits per heavy atom. The summed E-state index contributed by atoms with van der Waals surface area (Å²) in [5.74, 6) is 1.02. The standard InChI is InChI=1S/C17H23N5S/c1-20-8-10-21(11-9-20)16-18-19-17(23)22(16)15-7-6-13-4-2-3-5-14(13)12-15/h2-5,15H,6-12H2,1H3,(H,19,23). The molecule has 23 heavy (non-hydrogen) atoms. The molecule has 1 saturated heterocycles. The fourth-order valence-electron chi connectivity index (χ4n) is 3.75. The quantitative estimate of drug-likeness (QED) is 0.859. The monoisotopic (exact) mass is 329 g/mol. The largest absolute Gasteiger partial charge is 0.338 e. The molecule has 0 saturated carbocycles. The molecule has 2 aromatic rings. The van der Waals surface area contributed by atoms with Crippen LogP contribution in [0.5, 0.6) is 0 Å². The van der Waals surface area contributed by atoms with Crippen molar-refractivity contribution in [1.82, 2.24) is 19.7 Å². The second kappa shape index (κ2) is 6.09. The molecule has 1 aromatic heterocycles. The third-order valence-electron chi connectivity index (χ3n) is 5.16. The van der Waals surface area contributed by atoms with Gasteiger partial charge in [-0.15, -0.1) is 5.10 Å². The topological polar surface area (TPSA) is 40.1 Å². The number of piperazine rings is 1. The highest BCUT2D eigenvalue weighted by molar-refractivity contribution is 7.71. The minimum atomic E-state index is 0.408. The van der Waals surface area contributed by atoms with E-state index >= 15 is 0 Å². The van der Waals surface area contributed by atoms with E-state index in [9.17, 15) is 0 Å². The van der Waals surface area contributed by atoms with Crippen LogP contribution in [-0.4, -0.2) is 52.9 Å². The smallest absolute Gasteiger partial charge is 0.226 e. The van der Waals surface area contributed by atoms with E-state index in [0.717, 1.165) is 56.2 Å². The lowest BCUT2D eigenvalue weighted by Crippen LogP contribution is -2.45. The van der Waals surface area contributed by atoms with Gasteiger partial charge in [-0.2, -0.15) is 0 Å². The molecule has 0 amide bonds. The minimum Gasteiger partial charge on any atom is -0.338 e. The number of hydrogen-bond acceptors (Lipinski definition) is 4. The van der Waals surface area contributed by atoms with Crippen molar-refractivity contribution in [3.63, 3.8) is 0 Å².